The van der Waals surface area contributed by atoms with Crippen LogP contribution in [0.5, 0.6) is 0 Å². The number of unbranched alkanes of at least 4 members (excludes halogenated alkanes) is 3. The number of Topliss-reactive ketones (excluding diaryl/α,β-unsaturated/α-hetero) is 1. The van der Waals surface area contributed by atoms with Gasteiger partial charge in [-0.2, -0.15) is 0 Å². The van der Waals surface area contributed by atoms with Crippen LogP contribution in [0.2, 0.25) is 13.3 Å². The summed E-state index contributed by atoms with van der Waals surface area (Å²) < 4.78 is 5.57. The van der Waals surface area contributed by atoms with Crippen LogP contribution in [0.4, 0.5) is 0 Å². The summed E-state index contributed by atoms with van der Waals surface area (Å²) in [7, 11) is 0. The van der Waals surface area contributed by atoms with Crippen molar-refractivity contribution < 1.29 is 4.79 Å². The van der Waals surface area contributed by atoms with Crippen LogP contribution >= 0.6 is 0 Å². The van der Waals surface area contributed by atoms with Crippen molar-refractivity contribution >= 4 is 24.2 Å². The summed E-state index contributed by atoms with van der Waals surface area (Å²) in [6, 6.07) is 9.77. The van der Waals surface area contributed by atoms with E-state index in [0.717, 1.165) is 5.56 Å². The Labute approximate surface area is 153 Å². The van der Waals surface area contributed by atoms with Gasteiger partial charge in [0.05, 0.1) is 0 Å². The first-order chi connectivity index (χ1) is 11.6. The van der Waals surface area contributed by atoms with Crippen molar-refractivity contribution in [3.05, 3.63) is 46.1 Å². The van der Waals surface area contributed by atoms with Gasteiger partial charge in [-0.3, -0.25) is 0 Å². The van der Waals surface area contributed by atoms with Gasteiger partial charge in [-0.25, -0.2) is 0 Å². The van der Waals surface area contributed by atoms with E-state index < -0.39 is 18.4 Å². The number of carbonyl (C=O) groups excluding carboxylic acids is 1. The average Bonchev–Trinajstić information content (AvgIpc) is 2.62. The van der Waals surface area contributed by atoms with Gasteiger partial charge < -0.3 is 0 Å². The second kappa shape index (κ2) is 11.9. The Morgan fingerprint density at radius 3 is 1.75 bits per heavy atom. The van der Waals surface area contributed by atoms with Crippen LogP contribution < -0.4 is 0 Å². The molecular formula is C22H36OSn. The number of carbonyl (C=O) groups is 1. The van der Waals surface area contributed by atoms with Crippen molar-refractivity contribution in [1.82, 2.24) is 0 Å². The first-order valence-electron chi connectivity index (χ1n) is 9.86. The molecule has 0 radical (unpaired) electrons. The van der Waals surface area contributed by atoms with Crippen molar-refractivity contribution in [2.75, 3.05) is 0 Å². The Morgan fingerprint density at radius 1 is 0.875 bits per heavy atom. The second-order valence-electron chi connectivity index (χ2n) is 7.16. The molecular weight excluding hydrogens is 399 g/mol. The number of rotatable bonds is 13. The Bertz CT molecular complexity index is 470. The summed E-state index contributed by atoms with van der Waals surface area (Å²) in [5, 5.41) is 0. The molecule has 1 nitrogen and oxygen atoms in total. The minimum atomic E-state index is -2.46. The van der Waals surface area contributed by atoms with E-state index in [0.29, 0.717) is 6.42 Å². The number of hydrogen-bond acceptors (Lipinski definition) is 1. The third-order valence-electron chi connectivity index (χ3n) is 5.25. The monoisotopic (exact) mass is 436 g/mol. The van der Waals surface area contributed by atoms with E-state index in [1.165, 1.54) is 55.4 Å². The quantitative estimate of drug-likeness (QED) is 0.237. The van der Waals surface area contributed by atoms with Crippen LogP contribution in [0.15, 0.2) is 40.5 Å². The SMILES string of the molecule is C=[C](CC(=O)c1ccccc1)[Sn]([CH2]CCC)([CH2]CCC)[CH2]CCC. The van der Waals surface area contributed by atoms with Crippen LogP contribution in [0.1, 0.15) is 76.1 Å². The number of benzene rings is 1. The van der Waals surface area contributed by atoms with Crippen molar-refractivity contribution in [3.8, 4) is 0 Å². The summed E-state index contributed by atoms with van der Waals surface area (Å²) in [6.07, 6.45) is 8.34. The molecule has 1 aromatic carbocycles. The van der Waals surface area contributed by atoms with Gasteiger partial charge in [-0.15, -0.1) is 0 Å². The van der Waals surface area contributed by atoms with Gasteiger partial charge in [0.25, 0.3) is 0 Å². The van der Waals surface area contributed by atoms with Crippen molar-refractivity contribution in [2.24, 2.45) is 0 Å². The molecule has 134 valence electrons. The van der Waals surface area contributed by atoms with E-state index in [4.69, 9.17) is 0 Å². The van der Waals surface area contributed by atoms with Crippen molar-refractivity contribution in [1.29, 1.82) is 0 Å². The topological polar surface area (TPSA) is 17.1 Å². The van der Waals surface area contributed by atoms with Gasteiger partial charge in [0, 0.05) is 0 Å². The first-order valence-corrected chi connectivity index (χ1v) is 17.3. The van der Waals surface area contributed by atoms with E-state index in [-0.39, 0.29) is 5.78 Å². The standard InChI is InChI=1S/C10H9O.3C4H9.Sn/c1-2-6-10(11)9-7-4-3-5-8-9;3*1-3-4-2;/h3-5,7-8H,1,6H2;3*1,3-4H2,2H3;. The maximum absolute atomic E-state index is 12.7. The molecule has 0 aliphatic rings. The molecule has 0 bridgehead atoms. The summed E-state index contributed by atoms with van der Waals surface area (Å²) >= 11 is -2.46. The fourth-order valence-corrected chi connectivity index (χ4v) is 19.1. The molecule has 0 aromatic heterocycles. The molecule has 2 heteroatoms. The molecule has 0 spiro atoms. The van der Waals surface area contributed by atoms with Gasteiger partial charge in [0.2, 0.25) is 0 Å². The number of ketones is 1. The summed E-state index contributed by atoms with van der Waals surface area (Å²) in [4.78, 5) is 12.7. The van der Waals surface area contributed by atoms with Crippen LogP contribution in [0.25, 0.3) is 0 Å². The van der Waals surface area contributed by atoms with Crippen LogP contribution in [0, 0.1) is 0 Å². The van der Waals surface area contributed by atoms with Gasteiger partial charge in [-0.1, -0.05) is 0 Å². The zero-order valence-electron chi connectivity index (χ0n) is 16.1. The van der Waals surface area contributed by atoms with Crippen molar-refractivity contribution in [3.63, 3.8) is 0 Å². The predicted octanol–water partition coefficient (Wildman–Crippen LogP) is 7.20. The van der Waals surface area contributed by atoms with E-state index >= 15 is 0 Å². The third kappa shape index (κ3) is 6.74. The Kier molecular flexibility index (Phi) is 10.6. The van der Waals surface area contributed by atoms with Gasteiger partial charge in [0.15, 0.2) is 0 Å². The van der Waals surface area contributed by atoms with E-state index in [9.17, 15) is 4.79 Å². The van der Waals surface area contributed by atoms with Crippen molar-refractivity contribution in [2.45, 2.75) is 79.0 Å². The van der Waals surface area contributed by atoms with Gasteiger partial charge in [0.1, 0.15) is 0 Å². The van der Waals surface area contributed by atoms with Crippen LogP contribution in [-0.2, 0) is 0 Å². The van der Waals surface area contributed by atoms with Crippen LogP contribution in [-0.4, -0.2) is 24.2 Å². The molecule has 1 rings (SSSR count). The Balaban J connectivity index is 2.92. The maximum atomic E-state index is 12.7. The molecule has 1 aromatic rings. The minimum absolute atomic E-state index is 0.270. The van der Waals surface area contributed by atoms with E-state index in [1.54, 1.807) is 0 Å². The fourth-order valence-electron chi connectivity index (χ4n) is 3.56. The molecule has 0 saturated carbocycles. The summed E-state index contributed by atoms with van der Waals surface area (Å²) in [6.45, 7) is 11.4. The first kappa shape index (κ1) is 21.5. The molecule has 0 fully saturated rings. The number of hydrogen-bond donors (Lipinski definition) is 0. The molecule has 0 N–H and O–H groups in total. The molecule has 0 unspecified atom stereocenters. The number of allylic oxidation sites excluding steroid dienone is 1. The predicted molar refractivity (Wildman–Crippen MR) is 109 cm³/mol. The average molecular weight is 435 g/mol. The molecule has 0 atom stereocenters. The Morgan fingerprint density at radius 2 is 1.33 bits per heavy atom. The zero-order valence-corrected chi connectivity index (χ0v) is 18.9. The van der Waals surface area contributed by atoms with Gasteiger partial charge in [-0.05, 0) is 0 Å². The molecule has 0 heterocycles. The second-order valence-corrected chi connectivity index (χ2v) is 20.8. The zero-order chi connectivity index (χ0) is 17.8. The summed E-state index contributed by atoms with van der Waals surface area (Å²) in [5.74, 6) is 0.270. The normalized spacial score (nSPS) is 11.5. The van der Waals surface area contributed by atoms with E-state index in [2.05, 4.69) is 27.4 Å². The molecule has 0 aliphatic carbocycles. The fraction of sp³-hybridized carbons (Fsp3) is 0.591. The Hall–Kier alpha value is -0.571. The van der Waals surface area contributed by atoms with E-state index in [1.807, 2.05) is 30.3 Å². The molecule has 24 heavy (non-hydrogen) atoms. The molecule has 0 amide bonds. The molecule has 0 aliphatic heterocycles. The molecule has 0 saturated heterocycles. The summed E-state index contributed by atoms with van der Waals surface area (Å²) in [5.41, 5.74) is 0.848. The van der Waals surface area contributed by atoms with Crippen LogP contribution in [0.3, 0.4) is 0 Å². The third-order valence-corrected chi connectivity index (χ3v) is 21.3. The van der Waals surface area contributed by atoms with Gasteiger partial charge >= 0.3 is 154 Å².